The van der Waals surface area contributed by atoms with Gasteiger partial charge in [-0.2, -0.15) is 0 Å². The van der Waals surface area contributed by atoms with Gasteiger partial charge in [0, 0.05) is 24.8 Å². The monoisotopic (exact) mass is 263 g/mol. The van der Waals surface area contributed by atoms with Gasteiger partial charge in [-0.25, -0.2) is 0 Å². The fourth-order valence-corrected chi connectivity index (χ4v) is 2.26. The van der Waals surface area contributed by atoms with Crippen LogP contribution in [0.25, 0.3) is 0 Å². The van der Waals surface area contributed by atoms with Crippen LogP contribution in [0.15, 0.2) is 29.4 Å². The molecule has 1 saturated heterocycles. The number of oxime groups is 1. The van der Waals surface area contributed by atoms with Crippen LogP contribution in [0, 0.1) is 0 Å². The number of benzene rings is 1. The average molecular weight is 263 g/mol. The Morgan fingerprint density at radius 3 is 2.84 bits per heavy atom. The van der Waals surface area contributed by atoms with Crippen molar-refractivity contribution in [3.8, 4) is 0 Å². The summed E-state index contributed by atoms with van der Waals surface area (Å²) in [6.45, 7) is 3.82. The first-order valence-corrected chi connectivity index (χ1v) is 6.62. The van der Waals surface area contributed by atoms with Crippen molar-refractivity contribution in [1.29, 1.82) is 0 Å². The van der Waals surface area contributed by atoms with Gasteiger partial charge in [-0.05, 0) is 25.3 Å². The first-order valence-electron chi connectivity index (χ1n) is 6.62. The Morgan fingerprint density at radius 1 is 1.53 bits per heavy atom. The summed E-state index contributed by atoms with van der Waals surface area (Å²) in [5.41, 5.74) is 7.40. The van der Waals surface area contributed by atoms with E-state index in [0.717, 1.165) is 31.6 Å². The van der Waals surface area contributed by atoms with E-state index in [9.17, 15) is 0 Å². The molecule has 0 radical (unpaired) electrons. The normalized spacial score (nSPS) is 21.5. The summed E-state index contributed by atoms with van der Waals surface area (Å²) in [6.07, 6.45) is 2.62. The highest BCUT2D eigenvalue weighted by Gasteiger charge is 2.21. The quantitative estimate of drug-likeness (QED) is 0.325. The number of nitrogens with one attached hydrogen (secondary N) is 1. The molecule has 0 aliphatic carbocycles. The maximum Gasteiger partial charge on any atom is 0.170 e. The van der Waals surface area contributed by atoms with Crippen molar-refractivity contribution in [1.82, 2.24) is 5.32 Å². The molecular weight excluding hydrogens is 242 g/mol. The summed E-state index contributed by atoms with van der Waals surface area (Å²) in [6, 6.07) is 8.00. The lowest BCUT2D eigenvalue weighted by molar-refractivity contribution is 0.0832. The number of hydrogen-bond donors (Lipinski definition) is 3. The molecule has 0 aromatic heterocycles. The average Bonchev–Trinajstić information content (AvgIpc) is 2.98. The number of rotatable bonds is 5. The van der Waals surface area contributed by atoms with Crippen LogP contribution in [0.3, 0.4) is 0 Å². The van der Waals surface area contributed by atoms with E-state index in [1.165, 1.54) is 5.56 Å². The number of hydrogen-bond acceptors (Lipinski definition) is 4. The molecule has 1 heterocycles. The summed E-state index contributed by atoms with van der Waals surface area (Å²) in [5.74, 6) is 0.132. The van der Waals surface area contributed by atoms with E-state index in [2.05, 4.69) is 17.4 Å². The van der Waals surface area contributed by atoms with Crippen molar-refractivity contribution < 1.29 is 9.94 Å². The highest BCUT2D eigenvalue weighted by atomic mass is 16.5. The summed E-state index contributed by atoms with van der Waals surface area (Å²) >= 11 is 0. The van der Waals surface area contributed by atoms with Crippen LogP contribution in [-0.2, 0) is 11.3 Å². The zero-order valence-electron chi connectivity index (χ0n) is 11.2. The third-order valence-corrected chi connectivity index (χ3v) is 3.51. The molecular formula is C14H21N3O2. The van der Waals surface area contributed by atoms with E-state index in [4.69, 9.17) is 15.7 Å². The molecule has 2 atom stereocenters. The van der Waals surface area contributed by atoms with Gasteiger partial charge in [0.1, 0.15) is 0 Å². The van der Waals surface area contributed by atoms with Crippen LogP contribution in [0.1, 0.15) is 30.9 Å². The van der Waals surface area contributed by atoms with Gasteiger partial charge in [0.2, 0.25) is 0 Å². The van der Waals surface area contributed by atoms with Gasteiger partial charge in [0.05, 0.1) is 6.10 Å². The molecule has 1 fully saturated rings. The van der Waals surface area contributed by atoms with Crippen molar-refractivity contribution in [2.24, 2.45) is 10.9 Å². The maximum absolute atomic E-state index is 8.59. The molecule has 4 N–H and O–H groups in total. The fraction of sp³-hybridized carbons (Fsp3) is 0.500. The van der Waals surface area contributed by atoms with Gasteiger partial charge in [-0.3, -0.25) is 0 Å². The lowest BCUT2D eigenvalue weighted by Gasteiger charge is -2.20. The number of nitrogens with two attached hydrogens (primary N) is 1. The second-order valence-electron chi connectivity index (χ2n) is 4.90. The third-order valence-electron chi connectivity index (χ3n) is 3.51. The number of nitrogens with zero attached hydrogens (tertiary/aromatic N) is 1. The first-order chi connectivity index (χ1) is 9.20. The Labute approximate surface area is 113 Å². The first kappa shape index (κ1) is 13.8. The van der Waals surface area contributed by atoms with E-state index < -0.39 is 0 Å². The van der Waals surface area contributed by atoms with Gasteiger partial charge in [-0.15, -0.1) is 0 Å². The maximum atomic E-state index is 8.59. The van der Waals surface area contributed by atoms with E-state index in [0.29, 0.717) is 12.1 Å². The molecule has 1 aliphatic rings. The predicted octanol–water partition coefficient (Wildman–Crippen LogP) is 1.44. The molecule has 5 nitrogen and oxygen atoms in total. The number of amidine groups is 1. The SMILES string of the molecule is CC(NCc1ccc(C(N)=NO)cc1)C1CCCO1. The standard InChI is InChI=1S/C14H21N3O2/c1-10(13-3-2-8-19-13)16-9-11-4-6-12(7-5-11)14(15)17-18/h4-7,10,13,16,18H,2-3,8-9H2,1H3,(H2,15,17). The Bertz CT molecular complexity index is 425. The minimum absolute atomic E-state index is 0.132. The van der Waals surface area contributed by atoms with E-state index in [1.54, 1.807) is 0 Å². The lowest BCUT2D eigenvalue weighted by atomic mass is 10.1. The van der Waals surface area contributed by atoms with E-state index >= 15 is 0 Å². The van der Waals surface area contributed by atoms with Gasteiger partial charge < -0.3 is 21.0 Å². The van der Waals surface area contributed by atoms with Crippen LogP contribution >= 0.6 is 0 Å². The highest BCUT2D eigenvalue weighted by molar-refractivity contribution is 5.96. The zero-order chi connectivity index (χ0) is 13.7. The molecule has 2 unspecified atom stereocenters. The van der Waals surface area contributed by atoms with Crippen LogP contribution in [0.2, 0.25) is 0 Å². The Morgan fingerprint density at radius 2 is 2.26 bits per heavy atom. The van der Waals surface area contributed by atoms with Crippen LogP contribution in [0.4, 0.5) is 0 Å². The van der Waals surface area contributed by atoms with Gasteiger partial charge in [0.15, 0.2) is 5.84 Å². The second-order valence-corrected chi connectivity index (χ2v) is 4.90. The lowest BCUT2D eigenvalue weighted by Crippen LogP contribution is -2.36. The molecule has 1 aromatic rings. The minimum atomic E-state index is 0.132. The fourth-order valence-electron chi connectivity index (χ4n) is 2.26. The van der Waals surface area contributed by atoms with Crippen molar-refractivity contribution in [2.75, 3.05) is 6.61 Å². The van der Waals surface area contributed by atoms with Crippen molar-refractivity contribution in [2.45, 2.75) is 38.5 Å². The predicted molar refractivity (Wildman–Crippen MR) is 74.2 cm³/mol. The van der Waals surface area contributed by atoms with E-state index in [-0.39, 0.29) is 5.84 Å². The largest absolute Gasteiger partial charge is 0.409 e. The molecule has 1 aromatic carbocycles. The minimum Gasteiger partial charge on any atom is -0.409 e. The van der Waals surface area contributed by atoms with E-state index in [1.807, 2.05) is 24.3 Å². The Balaban J connectivity index is 1.85. The van der Waals surface area contributed by atoms with Crippen LogP contribution in [-0.4, -0.2) is 29.8 Å². The second kappa shape index (κ2) is 6.54. The summed E-state index contributed by atoms with van der Waals surface area (Å²) in [7, 11) is 0. The van der Waals surface area contributed by atoms with Crippen molar-refractivity contribution in [3.05, 3.63) is 35.4 Å². The summed E-state index contributed by atoms with van der Waals surface area (Å²) < 4.78 is 5.65. The van der Waals surface area contributed by atoms with Gasteiger partial charge in [-0.1, -0.05) is 29.4 Å². The number of ether oxygens (including phenoxy) is 1. The highest BCUT2D eigenvalue weighted by Crippen LogP contribution is 2.15. The molecule has 1 aliphatic heterocycles. The smallest absolute Gasteiger partial charge is 0.170 e. The van der Waals surface area contributed by atoms with Gasteiger partial charge in [0.25, 0.3) is 0 Å². The molecule has 104 valence electrons. The van der Waals surface area contributed by atoms with Gasteiger partial charge >= 0.3 is 0 Å². The molecule has 5 heteroatoms. The molecule has 0 bridgehead atoms. The van der Waals surface area contributed by atoms with Crippen molar-refractivity contribution in [3.63, 3.8) is 0 Å². The third kappa shape index (κ3) is 3.68. The van der Waals surface area contributed by atoms with Crippen molar-refractivity contribution >= 4 is 5.84 Å². The molecule has 2 rings (SSSR count). The van der Waals surface area contributed by atoms with Crippen LogP contribution in [0.5, 0.6) is 0 Å². The Kier molecular flexibility index (Phi) is 4.76. The molecule has 19 heavy (non-hydrogen) atoms. The summed E-state index contributed by atoms with van der Waals surface area (Å²) in [5, 5.41) is 15.0. The molecule has 0 saturated carbocycles. The Hall–Kier alpha value is -1.59. The topological polar surface area (TPSA) is 79.9 Å². The van der Waals surface area contributed by atoms with Crippen LogP contribution < -0.4 is 11.1 Å². The zero-order valence-corrected chi connectivity index (χ0v) is 11.2. The summed E-state index contributed by atoms with van der Waals surface area (Å²) in [4.78, 5) is 0. The molecule has 0 amide bonds. The molecule has 0 spiro atoms.